The third kappa shape index (κ3) is 13.6. The van der Waals surface area contributed by atoms with Crippen LogP contribution in [-0.4, -0.2) is 30.2 Å². The first-order chi connectivity index (χ1) is 6.46. The van der Waals surface area contributed by atoms with Crippen LogP contribution in [-0.2, 0) is 3.02 Å². The summed E-state index contributed by atoms with van der Waals surface area (Å²) in [6.07, 6.45) is -6.21. The third-order valence-corrected chi connectivity index (χ3v) is 0.525. The molecule has 4 nitrogen and oxygen atoms in total. The van der Waals surface area contributed by atoms with Gasteiger partial charge in [-0.3, -0.25) is 0 Å². The quantitative estimate of drug-likeness (QED) is 0.374. The van der Waals surface area contributed by atoms with Crippen LogP contribution in [0.4, 0.5) is 26.3 Å². The molecule has 0 radical (unpaired) electrons. The Bertz CT molecular complexity index is 281. The second-order valence-electron chi connectivity index (χ2n) is 1.66. The van der Waals surface area contributed by atoms with Crippen molar-refractivity contribution in [2.75, 3.05) is 0 Å². The Hall–Kier alpha value is -0.442. The van der Waals surface area contributed by atoms with Crippen molar-refractivity contribution in [1.82, 2.24) is 0 Å². The summed E-state index contributed by atoms with van der Waals surface area (Å²) in [6, 6.07) is 0. The number of hydrogen-bond donors (Lipinski definition) is 3. The van der Waals surface area contributed by atoms with E-state index in [0.29, 0.717) is 0 Å². The summed E-state index contributed by atoms with van der Waals surface area (Å²) in [5.41, 5.74) is 0. The van der Waals surface area contributed by atoms with E-state index in [1.807, 2.05) is 0 Å². The van der Waals surface area contributed by atoms with Gasteiger partial charge in [0, 0.05) is 0 Å². The molecular formula is C4H3F6O4Sb. The van der Waals surface area contributed by atoms with Crippen LogP contribution in [0.2, 0.25) is 0 Å². The third-order valence-electron chi connectivity index (χ3n) is 0.525. The Morgan fingerprint density at radius 2 is 0.867 bits per heavy atom. The van der Waals surface area contributed by atoms with E-state index in [1.165, 1.54) is 0 Å². The van der Waals surface area contributed by atoms with Crippen molar-refractivity contribution in [2.24, 2.45) is 0 Å². The minimum atomic E-state index is -5.35. The number of halogens is 6. The fraction of sp³-hybridized carbons (Fsp3) is 0. The summed E-state index contributed by atoms with van der Waals surface area (Å²) in [7, 11) is 0. The van der Waals surface area contributed by atoms with E-state index in [2.05, 4.69) is 0 Å². The van der Waals surface area contributed by atoms with Gasteiger partial charge in [-0.15, -0.1) is 0 Å². The van der Waals surface area contributed by atoms with Gasteiger partial charge in [-0.25, -0.2) is 0 Å². The first kappa shape index (κ1) is 17.0. The van der Waals surface area contributed by atoms with Crippen molar-refractivity contribution < 1.29 is 39.5 Å². The maximum absolute atomic E-state index is 11.4. The van der Waals surface area contributed by atoms with Crippen LogP contribution in [0.25, 0.3) is 0 Å². The Morgan fingerprint density at radius 1 is 0.733 bits per heavy atom. The normalized spacial score (nSPS) is 9.93. The van der Waals surface area contributed by atoms with Gasteiger partial charge in [0.2, 0.25) is 11.7 Å². The van der Waals surface area contributed by atoms with Gasteiger partial charge in [0.1, 0.15) is 0 Å². The fourth-order valence-corrected chi connectivity index (χ4v) is 0.166. The Labute approximate surface area is 83.8 Å². The van der Waals surface area contributed by atoms with Crippen LogP contribution in [0.3, 0.4) is 0 Å². The molecule has 0 aromatic rings. The molecule has 0 saturated carbocycles. The zero-order valence-electron chi connectivity index (χ0n) is 6.46. The molecule has 0 fully saturated rings. The van der Waals surface area contributed by atoms with Gasteiger partial charge >= 0.3 is 45.4 Å². The van der Waals surface area contributed by atoms with E-state index in [0.717, 1.165) is 0 Å². The van der Waals surface area contributed by atoms with Gasteiger partial charge in [-0.2, -0.15) is 26.3 Å². The van der Waals surface area contributed by atoms with Crippen molar-refractivity contribution >= 4 is 20.1 Å². The molecule has 0 rings (SSSR count). The standard InChI is InChI=1S/C4F6.3H2O.O.Sb/c5-1(3(7)8)2(6)4(9)10;;;;;/h;3*1H2;;/q;;;;;+3/p-3. The Kier molecular flexibility index (Phi) is 7.85. The van der Waals surface area contributed by atoms with E-state index >= 15 is 0 Å². The molecule has 0 heterocycles. The van der Waals surface area contributed by atoms with Gasteiger partial charge in [0.25, 0.3) is 0 Å². The molecular weight excluding hydrogens is 348 g/mol. The van der Waals surface area contributed by atoms with E-state index < -0.39 is 43.9 Å². The van der Waals surface area contributed by atoms with Gasteiger partial charge in [-0.1, -0.05) is 0 Å². The van der Waals surface area contributed by atoms with Gasteiger partial charge in [0.15, 0.2) is 0 Å². The molecule has 0 saturated heterocycles. The van der Waals surface area contributed by atoms with Crippen LogP contribution in [0.5, 0.6) is 0 Å². The summed E-state index contributed by atoms with van der Waals surface area (Å²) in [5.74, 6) is -5.64. The summed E-state index contributed by atoms with van der Waals surface area (Å²) in [6.45, 7) is 0. The predicted molar refractivity (Wildman–Crippen MR) is 33.8 cm³/mol. The van der Waals surface area contributed by atoms with E-state index in [4.69, 9.17) is 13.2 Å². The molecule has 0 amide bonds. The topological polar surface area (TPSA) is 77.8 Å². The van der Waals surface area contributed by atoms with Crippen LogP contribution in [0, 0.1) is 0 Å². The maximum atomic E-state index is 11.4. The molecule has 0 unspecified atom stereocenters. The molecule has 0 spiro atoms. The monoisotopic (exact) mass is 350 g/mol. The molecule has 0 aliphatic carbocycles. The first-order valence-electron chi connectivity index (χ1n) is 2.67. The van der Waals surface area contributed by atoms with Crippen molar-refractivity contribution in [2.45, 2.75) is 0 Å². The second-order valence-corrected chi connectivity index (χ2v) is 4.59. The average Bonchev–Trinajstić information content (AvgIpc) is 1.98. The molecule has 0 atom stereocenters. The van der Waals surface area contributed by atoms with Crippen LogP contribution in [0.15, 0.2) is 23.8 Å². The predicted octanol–water partition coefficient (Wildman–Crippen LogP) is 0.971. The van der Waals surface area contributed by atoms with Crippen molar-refractivity contribution in [3.8, 4) is 0 Å². The molecule has 0 aliphatic rings. The summed E-state index contributed by atoms with van der Waals surface area (Å²) in [5, 5.41) is 0. The van der Waals surface area contributed by atoms with Crippen LogP contribution in [0.1, 0.15) is 0 Å². The fourth-order valence-electron chi connectivity index (χ4n) is 0.166. The molecule has 0 aromatic carbocycles. The summed E-state index contributed by atoms with van der Waals surface area (Å²) < 4.78 is 97.3. The minimum absolute atomic E-state index is 2.82. The van der Waals surface area contributed by atoms with Gasteiger partial charge < -0.3 is 0 Å². The van der Waals surface area contributed by atoms with Crippen LogP contribution >= 0.6 is 0 Å². The van der Waals surface area contributed by atoms with Crippen molar-refractivity contribution in [3.63, 3.8) is 0 Å². The van der Waals surface area contributed by atoms with E-state index in [1.54, 1.807) is 0 Å². The van der Waals surface area contributed by atoms with Crippen molar-refractivity contribution in [1.29, 1.82) is 0 Å². The molecule has 0 aromatic heterocycles. The summed E-state index contributed by atoms with van der Waals surface area (Å²) >= 11 is -5.35. The molecule has 0 bridgehead atoms. The average molecular weight is 351 g/mol. The summed E-state index contributed by atoms with van der Waals surface area (Å²) in [4.78, 5) is 0. The molecule has 0 aliphatic heterocycles. The first-order valence-corrected chi connectivity index (χ1v) is 7.13. The van der Waals surface area contributed by atoms with Crippen molar-refractivity contribution in [3.05, 3.63) is 23.8 Å². The van der Waals surface area contributed by atoms with Crippen LogP contribution < -0.4 is 0 Å². The number of hydrogen-bond acceptors (Lipinski definition) is 1. The molecule has 15 heavy (non-hydrogen) atoms. The van der Waals surface area contributed by atoms with Gasteiger partial charge in [0.05, 0.1) is 0 Å². The SMILES string of the molecule is FC(F)=C(F)C(F)=C(F)F.[O]=[Sb]([OH])([OH])[OH]. The zero-order valence-corrected chi connectivity index (χ0v) is 9.02. The van der Waals surface area contributed by atoms with Gasteiger partial charge in [-0.05, 0) is 0 Å². The Morgan fingerprint density at radius 3 is 0.933 bits per heavy atom. The molecule has 11 heteroatoms. The second kappa shape index (κ2) is 6.94. The van der Waals surface area contributed by atoms with E-state index in [9.17, 15) is 26.3 Å². The molecule has 3 N–H and O–H groups in total. The number of allylic oxidation sites excluding steroid dienone is 2. The Balaban J connectivity index is 0. The molecule has 90 valence electrons. The van der Waals surface area contributed by atoms with E-state index in [-0.39, 0.29) is 0 Å². The zero-order chi connectivity index (χ0) is 12.8. The number of rotatable bonds is 1.